The third kappa shape index (κ3) is 4.35. The largest absolute Gasteiger partial charge is 0.493 e. The minimum Gasteiger partial charge on any atom is -0.493 e. The molecule has 0 spiro atoms. The van der Waals surface area contributed by atoms with E-state index in [9.17, 15) is 9.59 Å². The van der Waals surface area contributed by atoms with Crippen molar-refractivity contribution in [1.29, 1.82) is 0 Å². The van der Waals surface area contributed by atoms with Crippen molar-refractivity contribution in [2.45, 2.75) is 31.7 Å². The van der Waals surface area contributed by atoms with Gasteiger partial charge in [-0.05, 0) is 43.0 Å². The molecule has 1 aliphatic heterocycles. The normalized spacial score (nSPS) is 16.8. The smallest absolute Gasteiger partial charge is 0.259 e. The van der Waals surface area contributed by atoms with Gasteiger partial charge in [-0.1, -0.05) is 24.3 Å². The quantitative estimate of drug-likeness (QED) is 0.693. The highest BCUT2D eigenvalue weighted by atomic mass is 16.5. The zero-order valence-electron chi connectivity index (χ0n) is 17.7. The fourth-order valence-corrected chi connectivity index (χ4v) is 3.96. The van der Waals surface area contributed by atoms with Crippen molar-refractivity contribution < 1.29 is 23.8 Å². The van der Waals surface area contributed by atoms with E-state index in [1.807, 2.05) is 18.2 Å². The van der Waals surface area contributed by atoms with E-state index in [2.05, 4.69) is 16.7 Å². The number of para-hydroxylation sites is 1. The summed E-state index contributed by atoms with van der Waals surface area (Å²) in [4.78, 5) is 25.9. The predicted molar refractivity (Wildman–Crippen MR) is 117 cm³/mol. The van der Waals surface area contributed by atoms with Gasteiger partial charge in [0.25, 0.3) is 11.8 Å². The Morgan fingerprint density at radius 1 is 1.13 bits per heavy atom. The van der Waals surface area contributed by atoms with E-state index in [4.69, 9.17) is 14.2 Å². The predicted octanol–water partition coefficient (Wildman–Crippen LogP) is 3.73. The van der Waals surface area contributed by atoms with Crippen LogP contribution in [0.15, 0.2) is 42.5 Å². The highest BCUT2D eigenvalue weighted by Gasteiger charge is 2.24. The highest BCUT2D eigenvalue weighted by Crippen LogP contribution is 2.38. The minimum atomic E-state index is -0.341. The van der Waals surface area contributed by atoms with E-state index < -0.39 is 0 Å². The molecule has 0 bridgehead atoms. The van der Waals surface area contributed by atoms with Gasteiger partial charge in [-0.25, -0.2) is 0 Å². The van der Waals surface area contributed by atoms with E-state index in [0.717, 1.165) is 31.2 Å². The third-order valence-electron chi connectivity index (χ3n) is 5.52. The van der Waals surface area contributed by atoms with Crippen LogP contribution in [0, 0.1) is 0 Å². The van der Waals surface area contributed by atoms with Gasteiger partial charge in [-0.2, -0.15) is 0 Å². The van der Waals surface area contributed by atoms with Crippen molar-refractivity contribution in [2.24, 2.45) is 0 Å². The molecule has 2 aromatic rings. The molecule has 2 aliphatic rings. The second-order valence-electron chi connectivity index (χ2n) is 7.54. The monoisotopic (exact) mass is 422 g/mol. The summed E-state index contributed by atoms with van der Waals surface area (Å²) >= 11 is 0. The van der Waals surface area contributed by atoms with Gasteiger partial charge < -0.3 is 24.8 Å². The summed E-state index contributed by atoms with van der Waals surface area (Å²) in [6.45, 7) is 0.558. The zero-order chi connectivity index (χ0) is 21.8. The SMILES string of the molecule is COc1cc(C(=O)NC2C=CCCC2)cc(NC(=O)c2cccc3c2OCC3)c1OC. The van der Waals surface area contributed by atoms with Crippen molar-refractivity contribution in [2.75, 3.05) is 26.1 Å². The number of carbonyl (C=O) groups excluding carboxylic acids is 2. The number of nitrogens with one attached hydrogen (secondary N) is 2. The van der Waals surface area contributed by atoms with Crippen molar-refractivity contribution in [3.8, 4) is 17.2 Å². The summed E-state index contributed by atoms with van der Waals surface area (Å²) in [6, 6.07) is 8.71. The Labute approximate surface area is 181 Å². The first-order valence-electron chi connectivity index (χ1n) is 10.4. The average molecular weight is 422 g/mol. The molecule has 7 heteroatoms. The van der Waals surface area contributed by atoms with Crippen LogP contribution in [-0.2, 0) is 6.42 Å². The second kappa shape index (κ2) is 9.12. The highest BCUT2D eigenvalue weighted by molar-refractivity contribution is 6.08. The lowest BCUT2D eigenvalue weighted by molar-refractivity contribution is 0.0940. The van der Waals surface area contributed by atoms with Crippen LogP contribution >= 0.6 is 0 Å². The van der Waals surface area contributed by atoms with E-state index >= 15 is 0 Å². The molecule has 2 aromatic carbocycles. The molecule has 7 nitrogen and oxygen atoms in total. The van der Waals surface area contributed by atoms with E-state index in [-0.39, 0.29) is 17.9 Å². The number of hydrogen-bond acceptors (Lipinski definition) is 5. The Bertz CT molecular complexity index is 1030. The second-order valence-corrected chi connectivity index (χ2v) is 7.54. The molecule has 1 atom stereocenters. The van der Waals surface area contributed by atoms with Gasteiger partial charge in [-0.15, -0.1) is 0 Å². The molecule has 31 heavy (non-hydrogen) atoms. The Hall–Kier alpha value is -3.48. The molecular weight excluding hydrogens is 396 g/mol. The van der Waals surface area contributed by atoms with Crippen LogP contribution in [0.25, 0.3) is 0 Å². The van der Waals surface area contributed by atoms with Gasteiger partial charge in [0.15, 0.2) is 11.5 Å². The van der Waals surface area contributed by atoms with Crippen LogP contribution < -0.4 is 24.8 Å². The number of rotatable bonds is 6. The van der Waals surface area contributed by atoms with Gasteiger partial charge in [0.2, 0.25) is 0 Å². The fourth-order valence-electron chi connectivity index (χ4n) is 3.96. The number of amides is 2. The summed E-state index contributed by atoms with van der Waals surface area (Å²) in [6.07, 6.45) is 7.84. The molecule has 2 amide bonds. The van der Waals surface area contributed by atoms with E-state index in [0.29, 0.717) is 40.7 Å². The lowest BCUT2D eigenvalue weighted by atomic mass is 10.0. The maximum Gasteiger partial charge on any atom is 0.259 e. The Kier molecular flexibility index (Phi) is 6.11. The first kappa shape index (κ1) is 20.8. The standard InChI is InChI=1S/C24H26N2O5/c1-29-20-14-16(23(27)25-17-8-4-3-5-9-17)13-19(22(20)30-2)26-24(28)18-10-6-7-15-11-12-31-21(15)18/h4,6-8,10,13-14,17H,3,5,9,11-12H2,1-2H3,(H,25,27)(H,26,28). The lowest BCUT2D eigenvalue weighted by Gasteiger charge is -2.20. The summed E-state index contributed by atoms with van der Waals surface area (Å²) in [5.41, 5.74) is 2.18. The maximum absolute atomic E-state index is 13.0. The fraction of sp³-hybridized carbons (Fsp3) is 0.333. The molecule has 4 rings (SSSR count). The number of allylic oxidation sites excluding steroid dienone is 1. The van der Waals surface area contributed by atoms with E-state index in [1.165, 1.54) is 14.2 Å². The van der Waals surface area contributed by atoms with Gasteiger partial charge in [-0.3, -0.25) is 9.59 Å². The maximum atomic E-state index is 13.0. The number of fused-ring (bicyclic) bond motifs is 1. The molecule has 0 radical (unpaired) electrons. The van der Waals surface area contributed by atoms with Crippen LogP contribution in [-0.4, -0.2) is 38.7 Å². The Morgan fingerprint density at radius 3 is 2.74 bits per heavy atom. The van der Waals surface area contributed by atoms with Crippen molar-refractivity contribution in [3.05, 3.63) is 59.2 Å². The van der Waals surface area contributed by atoms with Crippen molar-refractivity contribution in [3.63, 3.8) is 0 Å². The van der Waals surface area contributed by atoms with Crippen molar-refractivity contribution in [1.82, 2.24) is 5.32 Å². The van der Waals surface area contributed by atoms with Crippen LogP contribution in [0.5, 0.6) is 17.2 Å². The van der Waals surface area contributed by atoms with Gasteiger partial charge in [0.1, 0.15) is 5.75 Å². The first-order valence-corrected chi connectivity index (χ1v) is 10.4. The van der Waals surface area contributed by atoms with Crippen molar-refractivity contribution >= 4 is 17.5 Å². The average Bonchev–Trinajstić information content (AvgIpc) is 3.28. The summed E-state index contributed by atoms with van der Waals surface area (Å²) in [5.74, 6) is 0.727. The molecule has 162 valence electrons. The first-order chi connectivity index (χ1) is 15.1. The molecule has 2 N–H and O–H groups in total. The molecule has 1 heterocycles. The lowest BCUT2D eigenvalue weighted by Crippen LogP contribution is -2.34. The Balaban J connectivity index is 1.63. The number of benzene rings is 2. The number of methoxy groups -OCH3 is 2. The van der Waals surface area contributed by atoms with Gasteiger partial charge in [0, 0.05) is 18.0 Å². The zero-order valence-corrected chi connectivity index (χ0v) is 17.7. The number of anilines is 1. The van der Waals surface area contributed by atoms with Crippen LogP contribution in [0.4, 0.5) is 5.69 Å². The molecule has 0 fully saturated rings. The molecule has 1 aliphatic carbocycles. The summed E-state index contributed by atoms with van der Waals surface area (Å²) in [5, 5.41) is 5.88. The molecule has 0 saturated carbocycles. The summed E-state index contributed by atoms with van der Waals surface area (Å²) in [7, 11) is 2.98. The van der Waals surface area contributed by atoms with Gasteiger partial charge >= 0.3 is 0 Å². The molecule has 0 aromatic heterocycles. The topological polar surface area (TPSA) is 85.9 Å². The van der Waals surface area contributed by atoms with Crippen LogP contribution in [0.3, 0.4) is 0 Å². The summed E-state index contributed by atoms with van der Waals surface area (Å²) < 4.78 is 16.5. The Morgan fingerprint density at radius 2 is 2.00 bits per heavy atom. The number of hydrogen-bond donors (Lipinski definition) is 2. The minimum absolute atomic E-state index is 0.00329. The van der Waals surface area contributed by atoms with E-state index in [1.54, 1.807) is 18.2 Å². The van der Waals surface area contributed by atoms with Gasteiger partial charge in [0.05, 0.1) is 32.1 Å². The van der Waals surface area contributed by atoms with Crippen LogP contribution in [0.2, 0.25) is 0 Å². The third-order valence-corrected chi connectivity index (χ3v) is 5.52. The number of carbonyl (C=O) groups is 2. The molecule has 1 unspecified atom stereocenters. The number of ether oxygens (including phenoxy) is 3. The molecule has 0 saturated heterocycles. The van der Waals surface area contributed by atoms with Crippen LogP contribution in [0.1, 0.15) is 45.5 Å². The molecular formula is C24H26N2O5.